The van der Waals surface area contributed by atoms with Gasteiger partial charge in [0.2, 0.25) is 0 Å². The van der Waals surface area contributed by atoms with Crippen LogP contribution in [-0.2, 0) is 9.53 Å². The van der Waals surface area contributed by atoms with Gasteiger partial charge in [-0.3, -0.25) is 14.5 Å². The molecule has 0 atom stereocenters. The number of nitrogens with one attached hydrogen (secondary N) is 2. The first-order valence-corrected chi connectivity index (χ1v) is 10.0. The fourth-order valence-electron chi connectivity index (χ4n) is 3.09. The van der Waals surface area contributed by atoms with Gasteiger partial charge in [0, 0.05) is 25.2 Å². The van der Waals surface area contributed by atoms with Crippen LogP contribution < -0.4 is 10.6 Å². The van der Waals surface area contributed by atoms with Crippen LogP contribution in [0.1, 0.15) is 22.3 Å². The van der Waals surface area contributed by atoms with Gasteiger partial charge in [-0.1, -0.05) is 30.3 Å². The Bertz CT molecular complexity index is 863. The number of hydrogen-bond donors (Lipinski definition) is 2. The van der Waals surface area contributed by atoms with Crippen LogP contribution in [-0.4, -0.2) is 56.1 Å². The van der Waals surface area contributed by atoms with Crippen LogP contribution in [0.3, 0.4) is 0 Å². The molecule has 158 valence electrons. The number of morpholine rings is 1. The number of nitrogens with zero attached hydrogens (tertiary/aromatic N) is 1. The summed E-state index contributed by atoms with van der Waals surface area (Å²) in [5.74, 6) is -1.13. The second kappa shape index (κ2) is 11.2. The number of carbonyl (C=O) groups is 2. The minimum absolute atomic E-state index is 0.113. The van der Waals surface area contributed by atoms with Crippen LogP contribution in [0, 0.1) is 5.82 Å². The molecule has 1 heterocycles. The molecular formula is C23H26FN3O3. The predicted octanol–water partition coefficient (Wildman–Crippen LogP) is 2.44. The van der Waals surface area contributed by atoms with Crippen molar-refractivity contribution in [1.82, 2.24) is 15.5 Å². The van der Waals surface area contributed by atoms with E-state index in [0.717, 1.165) is 39.3 Å². The van der Waals surface area contributed by atoms with Crippen LogP contribution in [0.4, 0.5) is 4.39 Å². The van der Waals surface area contributed by atoms with E-state index in [-0.39, 0.29) is 23.3 Å². The van der Waals surface area contributed by atoms with Gasteiger partial charge < -0.3 is 15.4 Å². The van der Waals surface area contributed by atoms with Crippen LogP contribution in [0.15, 0.2) is 60.3 Å². The monoisotopic (exact) mass is 411 g/mol. The number of rotatable bonds is 8. The number of benzene rings is 2. The van der Waals surface area contributed by atoms with Crippen molar-refractivity contribution in [2.75, 3.05) is 39.4 Å². The first-order valence-electron chi connectivity index (χ1n) is 10.0. The quantitative estimate of drug-likeness (QED) is 0.517. The summed E-state index contributed by atoms with van der Waals surface area (Å²) in [6, 6.07) is 14.4. The Balaban J connectivity index is 1.62. The average molecular weight is 411 g/mol. The van der Waals surface area contributed by atoms with E-state index in [4.69, 9.17) is 4.74 Å². The molecular weight excluding hydrogens is 385 g/mol. The summed E-state index contributed by atoms with van der Waals surface area (Å²) >= 11 is 0. The summed E-state index contributed by atoms with van der Waals surface area (Å²) in [4.78, 5) is 27.6. The zero-order chi connectivity index (χ0) is 21.2. The molecule has 0 unspecified atom stereocenters. The van der Waals surface area contributed by atoms with Crippen molar-refractivity contribution in [3.8, 4) is 0 Å². The maximum atomic E-state index is 13.2. The normalized spacial score (nSPS) is 14.9. The molecule has 0 aromatic heterocycles. The zero-order valence-corrected chi connectivity index (χ0v) is 16.8. The van der Waals surface area contributed by atoms with Crippen molar-refractivity contribution in [3.05, 3.63) is 77.2 Å². The van der Waals surface area contributed by atoms with Crippen molar-refractivity contribution in [3.63, 3.8) is 0 Å². The largest absolute Gasteiger partial charge is 0.379 e. The third kappa shape index (κ3) is 6.79. The molecule has 3 rings (SSSR count). The summed E-state index contributed by atoms with van der Waals surface area (Å²) in [6.45, 7) is 4.63. The molecule has 0 saturated carbocycles. The van der Waals surface area contributed by atoms with Gasteiger partial charge in [-0.15, -0.1) is 0 Å². The van der Waals surface area contributed by atoms with Gasteiger partial charge in [0.1, 0.15) is 11.5 Å². The highest BCUT2D eigenvalue weighted by molar-refractivity contribution is 6.05. The van der Waals surface area contributed by atoms with Crippen LogP contribution in [0.5, 0.6) is 0 Å². The first-order chi connectivity index (χ1) is 14.6. The Kier molecular flexibility index (Phi) is 8.11. The van der Waals surface area contributed by atoms with E-state index in [2.05, 4.69) is 15.5 Å². The molecule has 0 bridgehead atoms. The summed E-state index contributed by atoms with van der Waals surface area (Å²) in [5, 5.41) is 5.53. The lowest BCUT2D eigenvalue weighted by Gasteiger charge is -2.26. The van der Waals surface area contributed by atoms with Gasteiger partial charge in [0.25, 0.3) is 11.8 Å². The van der Waals surface area contributed by atoms with E-state index in [9.17, 15) is 14.0 Å². The number of amides is 2. The molecule has 30 heavy (non-hydrogen) atoms. The average Bonchev–Trinajstić information content (AvgIpc) is 2.79. The topological polar surface area (TPSA) is 70.7 Å². The molecule has 2 amide bonds. The van der Waals surface area contributed by atoms with Crippen molar-refractivity contribution in [1.29, 1.82) is 0 Å². The molecule has 2 N–H and O–H groups in total. The number of carbonyl (C=O) groups excluding carboxylic acids is 2. The summed E-state index contributed by atoms with van der Waals surface area (Å²) < 4.78 is 18.5. The molecule has 1 saturated heterocycles. The Labute approximate surface area is 175 Å². The van der Waals surface area contributed by atoms with Gasteiger partial charge in [-0.05, 0) is 48.9 Å². The maximum Gasteiger partial charge on any atom is 0.267 e. The lowest BCUT2D eigenvalue weighted by atomic mass is 10.1. The van der Waals surface area contributed by atoms with Crippen molar-refractivity contribution >= 4 is 17.9 Å². The van der Waals surface area contributed by atoms with Crippen LogP contribution in [0.2, 0.25) is 0 Å². The molecule has 0 radical (unpaired) electrons. The Morgan fingerprint density at radius 2 is 1.73 bits per heavy atom. The standard InChI is InChI=1S/C23H26FN3O3/c24-20-9-7-18(8-10-20)17-21(26-22(28)19-5-2-1-3-6-19)23(29)25-11-4-12-27-13-15-30-16-14-27/h1-3,5-10,17H,4,11-16H2,(H,25,29)(H,26,28). The Morgan fingerprint density at radius 1 is 1.03 bits per heavy atom. The van der Waals surface area contributed by atoms with E-state index in [1.54, 1.807) is 36.4 Å². The number of halogens is 1. The third-order valence-electron chi connectivity index (χ3n) is 4.75. The minimum atomic E-state index is -0.384. The van der Waals surface area contributed by atoms with Gasteiger partial charge in [-0.2, -0.15) is 0 Å². The predicted molar refractivity (Wildman–Crippen MR) is 113 cm³/mol. The first kappa shape index (κ1) is 21.7. The second-order valence-corrected chi connectivity index (χ2v) is 6.99. The van der Waals surface area contributed by atoms with E-state index >= 15 is 0 Å². The highest BCUT2D eigenvalue weighted by Crippen LogP contribution is 2.09. The summed E-state index contributed by atoms with van der Waals surface area (Å²) in [5.41, 5.74) is 1.17. The molecule has 2 aromatic rings. The molecule has 7 heteroatoms. The Morgan fingerprint density at radius 3 is 2.43 bits per heavy atom. The second-order valence-electron chi connectivity index (χ2n) is 6.99. The van der Waals surface area contributed by atoms with Crippen molar-refractivity contribution in [2.45, 2.75) is 6.42 Å². The SMILES string of the molecule is O=C(NCCCN1CCOCC1)C(=Cc1ccc(F)cc1)NC(=O)c1ccccc1. The smallest absolute Gasteiger partial charge is 0.267 e. The fourth-order valence-corrected chi connectivity index (χ4v) is 3.09. The maximum absolute atomic E-state index is 13.2. The van der Waals surface area contributed by atoms with Crippen LogP contribution >= 0.6 is 0 Å². The van der Waals surface area contributed by atoms with Gasteiger partial charge in [0.15, 0.2) is 0 Å². The molecule has 0 spiro atoms. The number of ether oxygens (including phenoxy) is 1. The fraction of sp³-hybridized carbons (Fsp3) is 0.304. The van der Waals surface area contributed by atoms with Gasteiger partial charge in [0.05, 0.1) is 13.2 Å². The molecule has 1 aliphatic rings. The lowest BCUT2D eigenvalue weighted by Crippen LogP contribution is -2.39. The highest BCUT2D eigenvalue weighted by atomic mass is 19.1. The third-order valence-corrected chi connectivity index (χ3v) is 4.75. The molecule has 1 fully saturated rings. The molecule has 2 aromatic carbocycles. The zero-order valence-electron chi connectivity index (χ0n) is 16.8. The van der Waals surface area contributed by atoms with Gasteiger partial charge >= 0.3 is 0 Å². The van der Waals surface area contributed by atoms with Crippen LogP contribution in [0.25, 0.3) is 6.08 Å². The summed E-state index contributed by atoms with van der Waals surface area (Å²) in [7, 11) is 0. The number of hydrogen-bond acceptors (Lipinski definition) is 4. The highest BCUT2D eigenvalue weighted by Gasteiger charge is 2.15. The minimum Gasteiger partial charge on any atom is -0.379 e. The van der Waals surface area contributed by atoms with E-state index in [0.29, 0.717) is 17.7 Å². The van der Waals surface area contributed by atoms with E-state index in [1.165, 1.54) is 18.2 Å². The lowest BCUT2D eigenvalue weighted by molar-refractivity contribution is -0.117. The molecule has 6 nitrogen and oxygen atoms in total. The summed E-state index contributed by atoms with van der Waals surface area (Å²) in [6.07, 6.45) is 2.33. The van der Waals surface area contributed by atoms with E-state index < -0.39 is 0 Å². The van der Waals surface area contributed by atoms with E-state index in [1.807, 2.05) is 6.07 Å². The van der Waals surface area contributed by atoms with Gasteiger partial charge in [-0.25, -0.2) is 4.39 Å². The molecule has 0 aliphatic carbocycles. The Hall–Kier alpha value is -3.03. The van der Waals surface area contributed by atoms with Crippen molar-refractivity contribution < 1.29 is 18.7 Å². The van der Waals surface area contributed by atoms with Crippen molar-refractivity contribution in [2.24, 2.45) is 0 Å². The molecule has 1 aliphatic heterocycles.